The number of methoxy groups -OCH3 is 1. The Bertz CT molecular complexity index is 917. The zero-order chi connectivity index (χ0) is 18.9. The Morgan fingerprint density at radius 2 is 1.96 bits per heavy atom. The van der Waals surface area contributed by atoms with Crippen LogP contribution in [0.25, 0.3) is 0 Å². The van der Waals surface area contributed by atoms with Crippen LogP contribution in [-0.2, 0) is 19.4 Å². The fourth-order valence-corrected chi connectivity index (χ4v) is 4.14. The summed E-state index contributed by atoms with van der Waals surface area (Å²) in [5.41, 5.74) is 5.59. The fourth-order valence-electron chi connectivity index (χ4n) is 2.86. The molecule has 1 aromatic rings. The highest BCUT2D eigenvalue weighted by molar-refractivity contribution is 7.94. The number of carbonyl (C=O) groups excluding carboxylic acids is 1. The number of benzene rings is 1. The predicted molar refractivity (Wildman–Crippen MR) is 89.7 cm³/mol. The molecule has 10 heteroatoms. The summed E-state index contributed by atoms with van der Waals surface area (Å²) in [6, 6.07) is 5.59. The van der Waals surface area contributed by atoms with Gasteiger partial charge in [-0.1, -0.05) is 18.2 Å². The summed E-state index contributed by atoms with van der Waals surface area (Å²) >= 11 is 0. The minimum absolute atomic E-state index is 0.0390. The summed E-state index contributed by atoms with van der Waals surface area (Å²) in [7, 11) is -2.70. The minimum atomic E-state index is -3.82. The number of nitrogens with one attached hydrogen (secondary N) is 1. The van der Waals surface area contributed by atoms with E-state index in [0.29, 0.717) is 0 Å². The van der Waals surface area contributed by atoms with E-state index in [2.05, 4.69) is 5.32 Å². The monoisotopic (exact) mass is 367 g/mol. The number of allylic oxidation sites excluding steroid dienone is 2. The number of carbonyl (C=O) groups is 1. The van der Waals surface area contributed by atoms with Gasteiger partial charge in [-0.3, -0.25) is 10.1 Å². The van der Waals surface area contributed by atoms with E-state index in [1.807, 2.05) is 0 Å². The maximum atomic E-state index is 12.3. The van der Waals surface area contributed by atoms with Gasteiger partial charge in [0.15, 0.2) is 9.84 Å². The summed E-state index contributed by atoms with van der Waals surface area (Å²) in [6.07, 6.45) is 0.964. The smallest absolute Gasteiger partial charge is 0.338 e. The summed E-state index contributed by atoms with van der Waals surface area (Å²) in [4.78, 5) is 22.8. The Morgan fingerprint density at radius 1 is 1.36 bits per heavy atom. The molecule has 0 saturated carbocycles. The van der Waals surface area contributed by atoms with E-state index < -0.39 is 26.6 Å². The molecule has 0 spiro atoms. The second-order valence-corrected chi connectivity index (χ2v) is 7.44. The van der Waals surface area contributed by atoms with E-state index in [0.717, 1.165) is 13.4 Å². The quantitative estimate of drug-likeness (QED) is 0.454. The number of nitro benzene ring substituents is 1. The van der Waals surface area contributed by atoms with Gasteiger partial charge in [-0.05, 0) is 6.92 Å². The van der Waals surface area contributed by atoms with E-state index >= 15 is 0 Å². The second kappa shape index (κ2) is 6.55. The van der Waals surface area contributed by atoms with Crippen molar-refractivity contribution in [3.63, 3.8) is 0 Å². The molecule has 1 heterocycles. The number of dihydropyridines is 1. The lowest BCUT2D eigenvalue weighted by molar-refractivity contribution is -0.385. The third-order valence-corrected chi connectivity index (χ3v) is 5.12. The zero-order valence-corrected chi connectivity index (χ0v) is 14.6. The van der Waals surface area contributed by atoms with Crippen LogP contribution < -0.4 is 11.1 Å². The molecule has 0 fully saturated rings. The van der Waals surface area contributed by atoms with Crippen LogP contribution in [0.3, 0.4) is 0 Å². The average Bonchev–Trinajstić information content (AvgIpc) is 2.52. The number of sulfone groups is 1. The molecule has 1 atom stereocenters. The third-order valence-electron chi connectivity index (χ3n) is 3.78. The normalized spacial score (nSPS) is 18.0. The lowest BCUT2D eigenvalue weighted by atomic mass is 9.86. The van der Waals surface area contributed by atoms with Gasteiger partial charge >= 0.3 is 5.97 Å². The molecule has 3 N–H and O–H groups in total. The van der Waals surface area contributed by atoms with Crippen molar-refractivity contribution >= 4 is 21.5 Å². The van der Waals surface area contributed by atoms with Gasteiger partial charge < -0.3 is 15.8 Å². The van der Waals surface area contributed by atoms with Gasteiger partial charge in [-0.15, -0.1) is 0 Å². The van der Waals surface area contributed by atoms with Gasteiger partial charge in [0.2, 0.25) is 0 Å². The van der Waals surface area contributed by atoms with Crippen LogP contribution in [0.15, 0.2) is 46.3 Å². The molecule has 1 aromatic carbocycles. The number of ether oxygens (including phenoxy) is 1. The van der Waals surface area contributed by atoms with Crippen molar-refractivity contribution in [2.75, 3.05) is 13.4 Å². The second-order valence-electron chi connectivity index (χ2n) is 5.45. The summed E-state index contributed by atoms with van der Waals surface area (Å²) in [5.74, 6) is -2.23. The minimum Gasteiger partial charge on any atom is -0.466 e. The molecule has 25 heavy (non-hydrogen) atoms. The molecule has 0 radical (unpaired) electrons. The van der Waals surface area contributed by atoms with Crippen molar-refractivity contribution in [3.05, 3.63) is 61.9 Å². The molecule has 0 bridgehead atoms. The van der Waals surface area contributed by atoms with Crippen molar-refractivity contribution in [2.24, 2.45) is 5.73 Å². The number of nitrogens with two attached hydrogens (primary N) is 1. The Morgan fingerprint density at radius 3 is 2.48 bits per heavy atom. The number of nitrogens with zero attached hydrogens (tertiary/aromatic N) is 1. The molecule has 1 aliphatic rings. The molecule has 2 rings (SSSR count). The largest absolute Gasteiger partial charge is 0.466 e. The van der Waals surface area contributed by atoms with E-state index in [1.54, 1.807) is 0 Å². The van der Waals surface area contributed by atoms with Crippen molar-refractivity contribution < 1.29 is 22.9 Å². The highest BCUT2D eigenvalue weighted by Gasteiger charge is 2.41. The maximum absolute atomic E-state index is 12.3. The Labute approximate surface area is 144 Å². The Kier molecular flexibility index (Phi) is 4.84. The number of para-hydroxylation sites is 1. The number of esters is 1. The first-order valence-corrected chi connectivity index (χ1v) is 8.97. The van der Waals surface area contributed by atoms with Crippen molar-refractivity contribution in [1.29, 1.82) is 0 Å². The lowest BCUT2D eigenvalue weighted by Gasteiger charge is -2.29. The first kappa shape index (κ1) is 18.5. The van der Waals surface area contributed by atoms with E-state index in [4.69, 9.17) is 10.5 Å². The van der Waals surface area contributed by atoms with Crippen molar-refractivity contribution in [1.82, 2.24) is 5.32 Å². The van der Waals surface area contributed by atoms with E-state index in [-0.39, 0.29) is 33.2 Å². The van der Waals surface area contributed by atoms with Crippen LogP contribution in [0.5, 0.6) is 0 Å². The van der Waals surface area contributed by atoms with Crippen molar-refractivity contribution in [3.8, 4) is 0 Å². The molecule has 9 nitrogen and oxygen atoms in total. The molecular formula is C15H17N3O6S. The number of nitro groups is 1. The number of rotatable bonds is 4. The standard InChI is InChI=1S/C15H17N3O6S/c1-8-13(25(3,22)23)11(12(14(16)17-8)15(19)24-2)9-6-4-5-7-10(9)18(20)21/h4-7,11,17H,16H2,1-3H3. The fraction of sp³-hybridized carbons (Fsp3) is 0.267. The van der Waals surface area contributed by atoms with Gasteiger partial charge in [-0.2, -0.15) is 0 Å². The lowest BCUT2D eigenvalue weighted by Crippen LogP contribution is -2.35. The maximum Gasteiger partial charge on any atom is 0.338 e. The van der Waals surface area contributed by atoms with Crippen LogP contribution >= 0.6 is 0 Å². The summed E-state index contributed by atoms with van der Waals surface area (Å²) in [5, 5.41) is 14.0. The number of hydrogen-bond acceptors (Lipinski definition) is 8. The van der Waals surface area contributed by atoms with Crippen LogP contribution in [0.4, 0.5) is 5.69 Å². The van der Waals surface area contributed by atoms with Gasteiger partial charge in [0.25, 0.3) is 5.69 Å². The van der Waals surface area contributed by atoms with Crippen LogP contribution in [0.1, 0.15) is 18.4 Å². The molecule has 134 valence electrons. The van der Waals surface area contributed by atoms with E-state index in [1.165, 1.54) is 31.2 Å². The summed E-state index contributed by atoms with van der Waals surface area (Å²) in [6.45, 7) is 1.47. The summed E-state index contributed by atoms with van der Waals surface area (Å²) < 4.78 is 29.4. The van der Waals surface area contributed by atoms with Crippen LogP contribution in [0.2, 0.25) is 0 Å². The highest BCUT2D eigenvalue weighted by Crippen LogP contribution is 2.43. The molecule has 0 aromatic heterocycles. The van der Waals surface area contributed by atoms with Crippen LogP contribution in [-0.4, -0.2) is 32.7 Å². The third kappa shape index (κ3) is 3.33. The van der Waals surface area contributed by atoms with Gasteiger partial charge in [0, 0.05) is 23.6 Å². The predicted octanol–water partition coefficient (Wildman–Crippen LogP) is 0.901. The topological polar surface area (TPSA) is 142 Å². The molecule has 0 aliphatic carbocycles. The van der Waals surface area contributed by atoms with Gasteiger partial charge in [0.1, 0.15) is 5.82 Å². The first-order valence-electron chi connectivity index (χ1n) is 7.08. The van der Waals surface area contributed by atoms with Gasteiger partial charge in [0.05, 0.1) is 28.4 Å². The first-order chi connectivity index (χ1) is 11.6. The number of hydrogen-bond donors (Lipinski definition) is 2. The van der Waals surface area contributed by atoms with Crippen molar-refractivity contribution in [2.45, 2.75) is 12.8 Å². The average molecular weight is 367 g/mol. The zero-order valence-electron chi connectivity index (χ0n) is 13.8. The van der Waals surface area contributed by atoms with E-state index in [9.17, 15) is 23.3 Å². The molecular weight excluding hydrogens is 350 g/mol. The van der Waals surface area contributed by atoms with Gasteiger partial charge in [-0.25, -0.2) is 13.2 Å². The molecule has 1 unspecified atom stereocenters. The van der Waals surface area contributed by atoms with Crippen LogP contribution in [0, 0.1) is 10.1 Å². The Balaban J connectivity index is 2.88. The molecule has 1 aliphatic heterocycles. The molecule has 0 amide bonds. The highest BCUT2D eigenvalue weighted by atomic mass is 32.2. The molecule has 0 saturated heterocycles. The Hall–Kier alpha value is -2.88. The SMILES string of the molecule is COC(=O)C1=C(N)NC(C)=C(S(C)(=O)=O)C1c1ccccc1[N+](=O)[O-].